The quantitative estimate of drug-likeness (QED) is 0.856. The highest BCUT2D eigenvalue weighted by molar-refractivity contribution is 7.10. The van der Waals surface area contributed by atoms with Crippen LogP contribution >= 0.6 is 11.3 Å². The van der Waals surface area contributed by atoms with Gasteiger partial charge >= 0.3 is 0 Å². The Balaban J connectivity index is 2.06. The van der Waals surface area contributed by atoms with Gasteiger partial charge in [0.15, 0.2) is 0 Å². The summed E-state index contributed by atoms with van der Waals surface area (Å²) >= 11 is 1.59. The number of hydrogen-bond donors (Lipinski definition) is 2. The molecule has 0 saturated carbocycles. The highest BCUT2D eigenvalue weighted by Gasteiger charge is 2.08. The Bertz CT molecular complexity index is 687. The molecule has 1 aromatic carbocycles. The number of nitrogens with two attached hydrogens (primary N) is 1. The van der Waals surface area contributed by atoms with Crippen molar-refractivity contribution in [2.45, 2.75) is 20.4 Å². The van der Waals surface area contributed by atoms with Crippen LogP contribution in [0.2, 0.25) is 0 Å². The number of thiophene rings is 1. The van der Waals surface area contributed by atoms with Gasteiger partial charge in [-0.15, -0.1) is 11.3 Å². The third kappa shape index (κ3) is 4.19. The largest absolute Gasteiger partial charge is 0.347 e. The fourth-order valence-electron chi connectivity index (χ4n) is 2.10. The Kier molecular flexibility index (Phi) is 5.15. The van der Waals surface area contributed by atoms with Crippen LogP contribution in [0.1, 0.15) is 31.9 Å². The lowest BCUT2D eigenvalue weighted by Gasteiger charge is -2.06. The van der Waals surface area contributed by atoms with Crippen LogP contribution in [-0.4, -0.2) is 12.5 Å². The molecule has 2 aromatic rings. The second kappa shape index (κ2) is 7.07. The summed E-state index contributed by atoms with van der Waals surface area (Å²) < 4.78 is 0. The molecule has 0 radical (unpaired) electrons. The van der Waals surface area contributed by atoms with Crippen LogP contribution in [0, 0.1) is 25.7 Å². The minimum absolute atomic E-state index is 0.0621. The molecule has 1 heterocycles. The number of aryl methyl sites for hydroxylation is 2. The average molecular weight is 298 g/mol. The molecule has 1 amide bonds. The molecule has 0 fully saturated rings. The van der Waals surface area contributed by atoms with Gasteiger partial charge in [-0.25, -0.2) is 0 Å². The molecule has 1 aromatic heterocycles. The van der Waals surface area contributed by atoms with Gasteiger partial charge in [0.05, 0.1) is 13.1 Å². The van der Waals surface area contributed by atoms with E-state index in [4.69, 9.17) is 5.73 Å². The van der Waals surface area contributed by atoms with E-state index in [-0.39, 0.29) is 5.91 Å². The highest BCUT2D eigenvalue weighted by atomic mass is 32.1. The van der Waals surface area contributed by atoms with E-state index in [0.29, 0.717) is 18.7 Å². The molecule has 0 atom stereocenters. The summed E-state index contributed by atoms with van der Waals surface area (Å²) in [6, 6.07) is 7.79. The van der Waals surface area contributed by atoms with Gasteiger partial charge < -0.3 is 11.1 Å². The lowest BCUT2D eigenvalue weighted by Crippen LogP contribution is -2.22. The molecule has 0 bridgehead atoms. The number of rotatable bonds is 3. The Morgan fingerprint density at radius 3 is 2.67 bits per heavy atom. The van der Waals surface area contributed by atoms with Crippen LogP contribution in [0.25, 0.3) is 0 Å². The molecule has 3 nitrogen and oxygen atoms in total. The Morgan fingerprint density at radius 2 is 2.00 bits per heavy atom. The molecular formula is C17H18N2OS. The van der Waals surface area contributed by atoms with E-state index >= 15 is 0 Å². The fraction of sp³-hybridized carbons (Fsp3) is 0.235. The third-order valence-corrected chi connectivity index (χ3v) is 3.88. The van der Waals surface area contributed by atoms with Crippen molar-refractivity contribution in [2.75, 3.05) is 6.54 Å². The molecule has 0 spiro atoms. The van der Waals surface area contributed by atoms with Crippen molar-refractivity contribution in [1.82, 2.24) is 5.32 Å². The molecule has 0 unspecified atom stereocenters. The number of hydrogen-bond acceptors (Lipinski definition) is 3. The van der Waals surface area contributed by atoms with E-state index in [9.17, 15) is 4.79 Å². The van der Waals surface area contributed by atoms with Crippen molar-refractivity contribution < 1.29 is 4.79 Å². The summed E-state index contributed by atoms with van der Waals surface area (Å²) in [5.41, 5.74) is 9.19. The first-order valence-corrected chi connectivity index (χ1v) is 7.60. The molecule has 0 aliphatic rings. The van der Waals surface area contributed by atoms with Crippen molar-refractivity contribution >= 4 is 17.2 Å². The molecule has 4 heteroatoms. The molecule has 2 rings (SSSR count). The van der Waals surface area contributed by atoms with Crippen LogP contribution in [-0.2, 0) is 6.54 Å². The van der Waals surface area contributed by atoms with Gasteiger partial charge in [-0.2, -0.15) is 0 Å². The molecular weight excluding hydrogens is 280 g/mol. The van der Waals surface area contributed by atoms with Crippen LogP contribution in [0.4, 0.5) is 0 Å². The van der Waals surface area contributed by atoms with Gasteiger partial charge in [0, 0.05) is 16.0 Å². The third-order valence-electron chi connectivity index (χ3n) is 2.96. The monoisotopic (exact) mass is 298 g/mol. The van der Waals surface area contributed by atoms with Crippen molar-refractivity contribution in [2.24, 2.45) is 5.73 Å². The maximum Gasteiger partial charge on any atom is 0.251 e. The predicted molar refractivity (Wildman–Crippen MR) is 87.3 cm³/mol. The van der Waals surface area contributed by atoms with Gasteiger partial charge in [-0.3, -0.25) is 4.79 Å². The number of benzene rings is 1. The minimum atomic E-state index is -0.0621. The Labute approximate surface area is 129 Å². The van der Waals surface area contributed by atoms with E-state index in [1.54, 1.807) is 11.3 Å². The van der Waals surface area contributed by atoms with E-state index < -0.39 is 0 Å². The Morgan fingerprint density at radius 1 is 1.29 bits per heavy atom. The Hall–Kier alpha value is -2.09. The molecule has 0 aliphatic heterocycles. The van der Waals surface area contributed by atoms with Gasteiger partial charge in [0.1, 0.15) is 0 Å². The van der Waals surface area contributed by atoms with E-state index in [1.165, 1.54) is 0 Å². The summed E-state index contributed by atoms with van der Waals surface area (Å²) in [5.74, 6) is 5.79. The van der Waals surface area contributed by atoms with Crippen molar-refractivity contribution in [3.63, 3.8) is 0 Å². The minimum Gasteiger partial charge on any atom is -0.347 e. The highest BCUT2D eigenvalue weighted by Crippen LogP contribution is 2.16. The van der Waals surface area contributed by atoms with Crippen LogP contribution < -0.4 is 11.1 Å². The van der Waals surface area contributed by atoms with Gasteiger partial charge in [-0.1, -0.05) is 29.0 Å². The number of nitrogens with one attached hydrogen (secondary N) is 1. The van der Waals surface area contributed by atoms with Crippen molar-refractivity contribution in [1.29, 1.82) is 0 Å². The molecule has 108 valence electrons. The summed E-state index contributed by atoms with van der Waals surface area (Å²) in [7, 11) is 0. The number of carbonyl (C=O) groups excluding carboxylic acids is 1. The maximum absolute atomic E-state index is 12.2. The first kappa shape index (κ1) is 15.3. The van der Waals surface area contributed by atoms with E-state index in [0.717, 1.165) is 21.6 Å². The van der Waals surface area contributed by atoms with Gasteiger partial charge in [-0.05, 0) is 37.4 Å². The summed E-state index contributed by atoms with van der Waals surface area (Å²) in [4.78, 5) is 13.3. The summed E-state index contributed by atoms with van der Waals surface area (Å²) in [6.45, 7) is 4.80. The van der Waals surface area contributed by atoms with Crippen LogP contribution in [0.5, 0.6) is 0 Å². The maximum atomic E-state index is 12.2. The summed E-state index contributed by atoms with van der Waals surface area (Å²) in [5, 5.41) is 4.92. The average Bonchev–Trinajstić information content (AvgIpc) is 2.88. The molecule has 0 saturated heterocycles. The van der Waals surface area contributed by atoms with Crippen molar-refractivity contribution in [3.05, 3.63) is 56.8 Å². The normalized spacial score (nSPS) is 9.86. The second-order valence-corrected chi connectivity index (χ2v) is 5.82. The topological polar surface area (TPSA) is 55.1 Å². The first-order valence-electron chi connectivity index (χ1n) is 6.72. The molecule has 0 aliphatic carbocycles. The SMILES string of the molecule is Cc1cc(C)cc(C(=O)NCc2sccc2C#CCN)c1. The van der Waals surface area contributed by atoms with Crippen molar-refractivity contribution in [3.8, 4) is 11.8 Å². The van der Waals surface area contributed by atoms with E-state index in [2.05, 4.69) is 23.2 Å². The lowest BCUT2D eigenvalue weighted by atomic mass is 10.1. The number of amides is 1. The van der Waals surface area contributed by atoms with E-state index in [1.807, 2.05) is 37.4 Å². The van der Waals surface area contributed by atoms with Crippen LogP contribution in [0.15, 0.2) is 29.6 Å². The first-order chi connectivity index (χ1) is 10.1. The molecule has 3 N–H and O–H groups in total. The number of carbonyl (C=O) groups is 1. The van der Waals surface area contributed by atoms with Gasteiger partial charge in [0.25, 0.3) is 5.91 Å². The lowest BCUT2D eigenvalue weighted by molar-refractivity contribution is 0.0951. The summed E-state index contributed by atoms with van der Waals surface area (Å²) in [6.07, 6.45) is 0. The molecule has 21 heavy (non-hydrogen) atoms. The zero-order valence-electron chi connectivity index (χ0n) is 12.2. The standard InChI is InChI=1S/C17H18N2OS/c1-12-8-13(2)10-15(9-12)17(20)19-11-16-14(4-3-6-18)5-7-21-16/h5,7-10H,6,11,18H2,1-2H3,(H,19,20). The van der Waals surface area contributed by atoms with Gasteiger partial charge in [0.2, 0.25) is 0 Å². The zero-order valence-corrected chi connectivity index (χ0v) is 13.0. The zero-order chi connectivity index (χ0) is 15.2. The smallest absolute Gasteiger partial charge is 0.251 e. The fourth-order valence-corrected chi connectivity index (χ4v) is 2.87. The predicted octanol–water partition coefficient (Wildman–Crippen LogP) is 2.61. The van der Waals surface area contributed by atoms with Crippen LogP contribution in [0.3, 0.4) is 0 Å². The second-order valence-electron chi connectivity index (χ2n) is 4.82.